The molecule has 2 amide bonds. The highest BCUT2D eigenvalue weighted by molar-refractivity contribution is 5.83. The van der Waals surface area contributed by atoms with Crippen LogP contribution in [0.1, 0.15) is 26.2 Å². The standard InChI is InChI=1S/C12H20N2O6/c1-9(15)14-8-10(16)13-6-3-7-20-12(18)5-4-11(17)19-2/h3-8H2,1-2H3,(H,13,16)(H,14,15). The predicted octanol–water partition coefficient (Wildman–Crippen LogP) is -0.875. The van der Waals surface area contributed by atoms with Crippen LogP contribution in [0.25, 0.3) is 0 Å². The van der Waals surface area contributed by atoms with Gasteiger partial charge in [0.1, 0.15) is 0 Å². The largest absolute Gasteiger partial charge is 0.469 e. The van der Waals surface area contributed by atoms with Gasteiger partial charge in [-0.1, -0.05) is 0 Å². The molecule has 0 spiro atoms. The van der Waals surface area contributed by atoms with Gasteiger partial charge >= 0.3 is 11.9 Å². The number of methoxy groups -OCH3 is 1. The zero-order chi connectivity index (χ0) is 15.4. The van der Waals surface area contributed by atoms with Gasteiger partial charge in [-0.3, -0.25) is 19.2 Å². The molecule has 2 N–H and O–H groups in total. The van der Waals surface area contributed by atoms with Crippen molar-refractivity contribution < 1.29 is 28.7 Å². The Balaban J connectivity index is 3.47. The summed E-state index contributed by atoms with van der Waals surface area (Å²) in [6, 6.07) is 0. The molecule has 8 heteroatoms. The third kappa shape index (κ3) is 11.0. The van der Waals surface area contributed by atoms with Crippen molar-refractivity contribution in [1.82, 2.24) is 10.6 Å². The summed E-state index contributed by atoms with van der Waals surface area (Å²) in [6.07, 6.45) is 0.417. The lowest BCUT2D eigenvalue weighted by molar-refractivity contribution is -0.149. The van der Waals surface area contributed by atoms with Crippen molar-refractivity contribution in [3.8, 4) is 0 Å². The molecule has 0 heterocycles. The molecule has 0 radical (unpaired) electrons. The van der Waals surface area contributed by atoms with Gasteiger partial charge < -0.3 is 20.1 Å². The second-order valence-corrected chi connectivity index (χ2v) is 3.91. The molecule has 0 saturated heterocycles. The number of carbonyl (C=O) groups excluding carboxylic acids is 4. The molecule has 0 aliphatic carbocycles. The highest BCUT2D eigenvalue weighted by atomic mass is 16.5. The lowest BCUT2D eigenvalue weighted by Gasteiger charge is -2.06. The minimum atomic E-state index is -0.486. The zero-order valence-electron chi connectivity index (χ0n) is 11.7. The first-order valence-electron chi connectivity index (χ1n) is 6.19. The minimum Gasteiger partial charge on any atom is -0.469 e. The lowest BCUT2D eigenvalue weighted by Crippen LogP contribution is -2.36. The van der Waals surface area contributed by atoms with Crippen LogP contribution < -0.4 is 10.6 Å². The Hall–Kier alpha value is -2.12. The molecule has 0 aromatic rings. The Labute approximate surface area is 117 Å². The lowest BCUT2D eigenvalue weighted by atomic mass is 10.3. The summed E-state index contributed by atoms with van der Waals surface area (Å²) in [7, 11) is 1.25. The van der Waals surface area contributed by atoms with Gasteiger partial charge in [0.2, 0.25) is 11.8 Å². The van der Waals surface area contributed by atoms with Crippen LogP contribution in [0.4, 0.5) is 0 Å². The molecule has 0 aromatic carbocycles. The van der Waals surface area contributed by atoms with Crippen LogP contribution in [0.5, 0.6) is 0 Å². The van der Waals surface area contributed by atoms with E-state index < -0.39 is 11.9 Å². The molecule has 0 fully saturated rings. The summed E-state index contributed by atoms with van der Waals surface area (Å²) in [5.41, 5.74) is 0. The summed E-state index contributed by atoms with van der Waals surface area (Å²) in [5, 5.41) is 4.91. The average Bonchev–Trinajstić information content (AvgIpc) is 2.41. The summed E-state index contributed by atoms with van der Waals surface area (Å²) < 4.78 is 9.23. The van der Waals surface area contributed by atoms with E-state index in [0.717, 1.165) is 0 Å². The number of esters is 2. The van der Waals surface area contributed by atoms with E-state index in [0.29, 0.717) is 13.0 Å². The third-order valence-corrected chi connectivity index (χ3v) is 2.17. The molecule has 0 bridgehead atoms. The highest BCUT2D eigenvalue weighted by Crippen LogP contribution is 1.95. The Morgan fingerprint density at radius 1 is 1.00 bits per heavy atom. The van der Waals surface area contributed by atoms with Crippen molar-refractivity contribution in [3.63, 3.8) is 0 Å². The van der Waals surface area contributed by atoms with E-state index in [-0.39, 0.29) is 37.8 Å². The van der Waals surface area contributed by atoms with Crippen LogP contribution in [0.15, 0.2) is 0 Å². The topological polar surface area (TPSA) is 111 Å². The molecular formula is C12H20N2O6. The second-order valence-electron chi connectivity index (χ2n) is 3.91. The number of ether oxygens (including phenoxy) is 2. The van der Waals surface area contributed by atoms with E-state index in [1.165, 1.54) is 14.0 Å². The van der Waals surface area contributed by atoms with Gasteiger partial charge in [-0.2, -0.15) is 0 Å². The van der Waals surface area contributed by atoms with Gasteiger partial charge in [0.15, 0.2) is 0 Å². The van der Waals surface area contributed by atoms with Crippen LogP contribution in [0, 0.1) is 0 Å². The zero-order valence-corrected chi connectivity index (χ0v) is 11.7. The van der Waals surface area contributed by atoms with Gasteiger partial charge in [-0.05, 0) is 6.42 Å². The van der Waals surface area contributed by atoms with E-state index in [1.54, 1.807) is 0 Å². The number of hydrogen-bond acceptors (Lipinski definition) is 6. The van der Waals surface area contributed by atoms with Crippen molar-refractivity contribution in [2.75, 3.05) is 26.8 Å². The summed E-state index contributed by atoms with van der Waals surface area (Å²) in [5.74, 6) is -1.54. The van der Waals surface area contributed by atoms with Gasteiger partial charge in [0.25, 0.3) is 0 Å². The van der Waals surface area contributed by atoms with Gasteiger partial charge in [0, 0.05) is 13.5 Å². The fraction of sp³-hybridized carbons (Fsp3) is 0.667. The van der Waals surface area contributed by atoms with Crippen molar-refractivity contribution in [1.29, 1.82) is 0 Å². The molecule has 0 aromatic heterocycles. The van der Waals surface area contributed by atoms with E-state index in [9.17, 15) is 19.2 Å². The second kappa shape index (κ2) is 10.8. The molecule has 20 heavy (non-hydrogen) atoms. The third-order valence-electron chi connectivity index (χ3n) is 2.17. The maximum atomic E-state index is 11.2. The minimum absolute atomic E-state index is 0.0111. The Morgan fingerprint density at radius 2 is 1.65 bits per heavy atom. The smallest absolute Gasteiger partial charge is 0.306 e. The number of nitrogens with one attached hydrogen (secondary N) is 2. The predicted molar refractivity (Wildman–Crippen MR) is 68.5 cm³/mol. The van der Waals surface area contributed by atoms with Gasteiger partial charge in [-0.15, -0.1) is 0 Å². The number of rotatable bonds is 9. The van der Waals surface area contributed by atoms with Gasteiger partial charge in [-0.25, -0.2) is 0 Å². The van der Waals surface area contributed by atoms with Crippen molar-refractivity contribution in [2.45, 2.75) is 26.2 Å². The highest BCUT2D eigenvalue weighted by Gasteiger charge is 2.07. The monoisotopic (exact) mass is 288 g/mol. The quantitative estimate of drug-likeness (QED) is 0.421. The fourth-order valence-corrected chi connectivity index (χ4v) is 1.13. The normalized spacial score (nSPS) is 9.50. The van der Waals surface area contributed by atoms with Crippen molar-refractivity contribution in [3.05, 3.63) is 0 Å². The van der Waals surface area contributed by atoms with E-state index in [2.05, 4.69) is 15.4 Å². The summed E-state index contributed by atoms with van der Waals surface area (Å²) >= 11 is 0. The van der Waals surface area contributed by atoms with Crippen LogP contribution >= 0.6 is 0 Å². The van der Waals surface area contributed by atoms with Gasteiger partial charge in [0.05, 0.1) is 33.1 Å². The first-order valence-corrected chi connectivity index (χ1v) is 6.19. The number of hydrogen-bond donors (Lipinski definition) is 2. The molecule has 0 aliphatic heterocycles. The number of amides is 2. The molecule has 8 nitrogen and oxygen atoms in total. The fourth-order valence-electron chi connectivity index (χ4n) is 1.13. The molecule has 0 saturated carbocycles. The Kier molecular flexibility index (Phi) is 9.63. The van der Waals surface area contributed by atoms with Crippen LogP contribution in [-0.4, -0.2) is 50.6 Å². The van der Waals surface area contributed by atoms with Crippen molar-refractivity contribution in [2.24, 2.45) is 0 Å². The number of carbonyl (C=O) groups is 4. The molecular weight excluding hydrogens is 268 g/mol. The molecule has 114 valence electrons. The molecule has 0 rings (SSSR count). The summed E-state index contributed by atoms with van der Waals surface area (Å²) in [4.78, 5) is 43.7. The Morgan fingerprint density at radius 3 is 2.25 bits per heavy atom. The first kappa shape index (κ1) is 17.9. The maximum absolute atomic E-state index is 11.2. The van der Waals surface area contributed by atoms with Crippen LogP contribution in [-0.2, 0) is 28.7 Å². The van der Waals surface area contributed by atoms with Crippen LogP contribution in [0.3, 0.4) is 0 Å². The van der Waals surface area contributed by atoms with E-state index in [1.807, 2.05) is 0 Å². The first-order chi connectivity index (χ1) is 9.45. The van der Waals surface area contributed by atoms with Crippen LogP contribution in [0.2, 0.25) is 0 Å². The summed E-state index contributed by atoms with van der Waals surface area (Å²) in [6.45, 7) is 1.73. The molecule has 0 atom stereocenters. The van der Waals surface area contributed by atoms with E-state index >= 15 is 0 Å². The maximum Gasteiger partial charge on any atom is 0.306 e. The molecule has 0 aliphatic rings. The molecule has 0 unspecified atom stereocenters. The SMILES string of the molecule is COC(=O)CCC(=O)OCCCNC(=O)CNC(C)=O. The van der Waals surface area contributed by atoms with Crippen molar-refractivity contribution >= 4 is 23.8 Å². The van der Waals surface area contributed by atoms with E-state index in [4.69, 9.17) is 4.74 Å². The average molecular weight is 288 g/mol. The Bertz CT molecular complexity index is 356.